The summed E-state index contributed by atoms with van der Waals surface area (Å²) in [4.78, 5) is 0. The van der Waals surface area contributed by atoms with Gasteiger partial charge in [0.2, 0.25) is 0 Å². The molecule has 0 aliphatic carbocycles. The van der Waals surface area contributed by atoms with Crippen LogP contribution in [0.1, 0.15) is 5.56 Å². The zero-order chi connectivity index (χ0) is 9.14. The molecule has 0 saturated carbocycles. The van der Waals surface area contributed by atoms with E-state index in [1.165, 1.54) is 6.07 Å². The maximum Gasteiger partial charge on any atom is 0.140 e. The molecule has 0 unspecified atom stereocenters. The lowest BCUT2D eigenvalue weighted by atomic mass is 10.1. The monoisotopic (exact) mass is 298 g/mol. The van der Waals surface area contributed by atoms with E-state index in [1.807, 2.05) is 0 Å². The molecule has 1 aromatic carbocycles. The summed E-state index contributed by atoms with van der Waals surface area (Å²) in [6, 6.07) is 2.36. The number of alkyl halides is 1. The Hall–Kier alpha value is 0.0400. The molecule has 0 N–H and O–H groups in total. The van der Waals surface area contributed by atoms with Gasteiger partial charge in [-0.2, -0.15) is 0 Å². The number of rotatable bonds is 2. The van der Waals surface area contributed by atoms with E-state index >= 15 is 0 Å². The van der Waals surface area contributed by atoms with Gasteiger partial charge in [-0.1, -0.05) is 15.9 Å². The number of benzene rings is 1. The highest BCUT2D eigenvalue weighted by Crippen LogP contribution is 2.20. The highest BCUT2D eigenvalue weighted by molar-refractivity contribution is 9.10. The number of aryl methyl sites for hydroxylation is 1. The van der Waals surface area contributed by atoms with Crippen LogP contribution >= 0.6 is 31.9 Å². The van der Waals surface area contributed by atoms with Gasteiger partial charge in [-0.3, -0.25) is 0 Å². The molecule has 0 bridgehead atoms. The third-order valence-corrected chi connectivity index (χ3v) is 2.46. The van der Waals surface area contributed by atoms with Crippen LogP contribution in [0.3, 0.4) is 0 Å². The largest absolute Gasteiger partial charge is 0.207 e. The van der Waals surface area contributed by atoms with Crippen LogP contribution in [-0.2, 0) is 6.42 Å². The number of hydrogen-bond acceptors (Lipinski definition) is 0. The summed E-state index contributed by atoms with van der Waals surface area (Å²) in [6.45, 7) is 0. The molecule has 1 aromatic rings. The molecule has 0 heterocycles. The van der Waals surface area contributed by atoms with Crippen LogP contribution in [0, 0.1) is 11.6 Å². The second-order valence-electron chi connectivity index (χ2n) is 2.30. The highest BCUT2D eigenvalue weighted by Gasteiger charge is 2.06. The van der Waals surface area contributed by atoms with E-state index in [2.05, 4.69) is 31.9 Å². The fourth-order valence-electron chi connectivity index (χ4n) is 0.857. The molecule has 0 amide bonds. The lowest BCUT2D eigenvalue weighted by Crippen LogP contribution is -1.93. The zero-order valence-corrected chi connectivity index (χ0v) is 9.25. The number of halogens is 4. The Kier molecular flexibility index (Phi) is 3.65. The van der Waals surface area contributed by atoms with Gasteiger partial charge in [-0.15, -0.1) is 0 Å². The van der Waals surface area contributed by atoms with Crippen molar-refractivity contribution in [3.63, 3.8) is 0 Å². The summed E-state index contributed by atoms with van der Waals surface area (Å²) in [5, 5.41) is 0.669. The predicted octanol–water partition coefficient (Wildman–Crippen LogP) is 3.66. The molecule has 0 spiro atoms. The topological polar surface area (TPSA) is 0 Å². The Bertz CT molecular complexity index is 287. The molecule has 1 rings (SSSR count). The van der Waals surface area contributed by atoms with Gasteiger partial charge >= 0.3 is 0 Å². The van der Waals surface area contributed by atoms with E-state index in [9.17, 15) is 8.78 Å². The summed E-state index contributed by atoms with van der Waals surface area (Å²) in [6.07, 6.45) is 0.560. The van der Waals surface area contributed by atoms with Gasteiger partial charge in [0.25, 0.3) is 0 Å². The summed E-state index contributed by atoms with van der Waals surface area (Å²) < 4.78 is 25.9. The van der Waals surface area contributed by atoms with Gasteiger partial charge in [0.1, 0.15) is 11.6 Å². The van der Waals surface area contributed by atoms with Crippen molar-refractivity contribution in [3.8, 4) is 0 Å². The van der Waals surface area contributed by atoms with Gasteiger partial charge in [-0.05, 0) is 34.0 Å². The molecule has 0 aromatic heterocycles. The molecule has 0 aliphatic rings. The van der Waals surface area contributed by atoms with Crippen molar-refractivity contribution in [2.24, 2.45) is 0 Å². The van der Waals surface area contributed by atoms with Crippen LogP contribution in [-0.4, -0.2) is 5.33 Å². The quantitative estimate of drug-likeness (QED) is 0.577. The average Bonchev–Trinajstić information content (AvgIpc) is 2.01. The molecule has 0 fully saturated rings. The summed E-state index contributed by atoms with van der Waals surface area (Å²) >= 11 is 6.18. The normalized spacial score (nSPS) is 10.3. The zero-order valence-electron chi connectivity index (χ0n) is 6.08. The summed E-state index contributed by atoms with van der Waals surface area (Å²) in [5.74, 6) is -1.05. The summed E-state index contributed by atoms with van der Waals surface area (Å²) in [5.41, 5.74) is 0.514. The Balaban J connectivity index is 3.05. The van der Waals surface area contributed by atoms with Gasteiger partial charge < -0.3 is 0 Å². The first kappa shape index (κ1) is 10.1. The van der Waals surface area contributed by atoms with Crippen LogP contribution in [0.5, 0.6) is 0 Å². The van der Waals surface area contributed by atoms with Gasteiger partial charge in [0, 0.05) is 11.4 Å². The van der Waals surface area contributed by atoms with Crippen molar-refractivity contribution in [2.75, 3.05) is 5.33 Å². The Labute approximate surface area is 86.2 Å². The molecule has 0 radical (unpaired) electrons. The van der Waals surface area contributed by atoms with Gasteiger partial charge in [0.15, 0.2) is 0 Å². The third kappa shape index (κ3) is 2.26. The van der Waals surface area contributed by atoms with E-state index in [4.69, 9.17) is 0 Å². The van der Waals surface area contributed by atoms with Crippen LogP contribution < -0.4 is 0 Å². The smallest absolute Gasteiger partial charge is 0.140 e. The van der Waals surface area contributed by atoms with Crippen molar-refractivity contribution >= 4 is 31.9 Å². The fraction of sp³-hybridized carbons (Fsp3) is 0.250. The minimum atomic E-state index is -0.564. The van der Waals surface area contributed by atoms with E-state index in [0.29, 0.717) is 21.8 Å². The minimum Gasteiger partial charge on any atom is -0.207 e. The Morgan fingerprint density at radius 3 is 2.42 bits per heavy atom. The van der Waals surface area contributed by atoms with Crippen molar-refractivity contribution in [2.45, 2.75) is 6.42 Å². The second kappa shape index (κ2) is 4.33. The first-order valence-corrected chi connectivity index (χ1v) is 5.26. The van der Waals surface area contributed by atoms with Gasteiger partial charge in [0.05, 0.1) is 4.47 Å². The van der Waals surface area contributed by atoms with Crippen molar-refractivity contribution < 1.29 is 8.78 Å². The maximum absolute atomic E-state index is 12.9. The SMILES string of the molecule is Fc1cc(F)c(CCBr)cc1Br. The Morgan fingerprint density at radius 1 is 1.17 bits per heavy atom. The predicted molar refractivity (Wildman–Crippen MR) is 51.6 cm³/mol. The molecule has 0 atom stereocenters. The standard InChI is InChI=1S/C8H6Br2F2/c9-2-1-5-3-6(10)8(12)4-7(5)11/h3-4H,1-2H2. The molecule has 66 valence electrons. The van der Waals surface area contributed by atoms with Crippen LogP contribution in [0.2, 0.25) is 0 Å². The van der Waals surface area contributed by atoms with Crippen molar-refractivity contribution in [1.29, 1.82) is 0 Å². The van der Waals surface area contributed by atoms with Crippen LogP contribution in [0.15, 0.2) is 16.6 Å². The maximum atomic E-state index is 12.9. The molecular formula is C8H6Br2F2. The Morgan fingerprint density at radius 2 is 1.83 bits per heavy atom. The van der Waals surface area contributed by atoms with E-state index < -0.39 is 11.6 Å². The first-order chi connectivity index (χ1) is 5.65. The lowest BCUT2D eigenvalue weighted by Gasteiger charge is -2.01. The highest BCUT2D eigenvalue weighted by atomic mass is 79.9. The number of hydrogen-bond donors (Lipinski definition) is 0. The minimum absolute atomic E-state index is 0.305. The third-order valence-electron chi connectivity index (χ3n) is 1.45. The molecule has 12 heavy (non-hydrogen) atoms. The van der Waals surface area contributed by atoms with Crippen LogP contribution in [0.25, 0.3) is 0 Å². The molecular weight excluding hydrogens is 294 g/mol. The lowest BCUT2D eigenvalue weighted by molar-refractivity contribution is 0.570. The van der Waals surface area contributed by atoms with Crippen LogP contribution in [0.4, 0.5) is 8.78 Å². The molecule has 0 aliphatic heterocycles. The first-order valence-electron chi connectivity index (χ1n) is 3.34. The van der Waals surface area contributed by atoms with Crippen molar-refractivity contribution in [1.82, 2.24) is 0 Å². The van der Waals surface area contributed by atoms with E-state index in [1.54, 1.807) is 0 Å². The summed E-state index contributed by atoms with van der Waals surface area (Å²) in [7, 11) is 0. The fourth-order valence-corrected chi connectivity index (χ4v) is 1.68. The van der Waals surface area contributed by atoms with Gasteiger partial charge in [-0.25, -0.2) is 8.78 Å². The average molecular weight is 300 g/mol. The van der Waals surface area contributed by atoms with E-state index in [-0.39, 0.29) is 0 Å². The molecule has 0 saturated heterocycles. The second-order valence-corrected chi connectivity index (χ2v) is 3.94. The molecule has 4 heteroatoms. The van der Waals surface area contributed by atoms with Crippen molar-refractivity contribution in [3.05, 3.63) is 33.8 Å². The molecule has 0 nitrogen and oxygen atoms in total. The van der Waals surface area contributed by atoms with E-state index in [0.717, 1.165) is 6.07 Å².